The van der Waals surface area contributed by atoms with Crippen molar-refractivity contribution in [2.24, 2.45) is 0 Å². The molecule has 2 N–H and O–H groups in total. The van der Waals surface area contributed by atoms with E-state index in [-0.39, 0.29) is 29.2 Å². The van der Waals surface area contributed by atoms with Gasteiger partial charge < -0.3 is 14.8 Å². The summed E-state index contributed by atoms with van der Waals surface area (Å²) >= 11 is 0. The van der Waals surface area contributed by atoms with Crippen molar-refractivity contribution in [2.75, 3.05) is 23.8 Å². The van der Waals surface area contributed by atoms with Crippen molar-refractivity contribution in [3.63, 3.8) is 0 Å². The number of rotatable bonds is 7. The molecule has 13 heteroatoms. The number of alkyl halides is 3. The van der Waals surface area contributed by atoms with Gasteiger partial charge in [0.15, 0.2) is 6.61 Å². The van der Waals surface area contributed by atoms with E-state index in [0.717, 1.165) is 18.2 Å². The molecule has 0 radical (unpaired) electrons. The average molecular weight is 477 g/mol. The number of nitrogens with one attached hydrogen (secondary N) is 2. The zero-order valence-corrected chi connectivity index (χ0v) is 17.6. The number of hydrogen-bond donors (Lipinski definition) is 2. The molecule has 34 heavy (non-hydrogen) atoms. The van der Waals surface area contributed by atoms with Gasteiger partial charge in [-0.05, 0) is 43.3 Å². The van der Waals surface area contributed by atoms with Crippen molar-refractivity contribution in [2.45, 2.75) is 13.1 Å². The molecule has 0 aliphatic carbocycles. The predicted molar refractivity (Wildman–Crippen MR) is 112 cm³/mol. The van der Waals surface area contributed by atoms with Gasteiger partial charge in [0.1, 0.15) is 12.7 Å². The maximum absolute atomic E-state index is 13.1. The Labute approximate surface area is 190 Å². The lowest BCUT2D eigenvalue weighted by Gasteiger charge is -2.14. The molecule has 178 valence electrons. The Bertz CT molecular complexity index is 1180. The summed E-state index contributed by atoms with van der Waals surface area (Å²) in [5.74, 6) is -1.77. The molecule has 2 amide bonds. The highest BCUT2D eigenvalue weighted by Crippen LogP contribution is 2.33. The van der Waals surface area contributed by atoms with Crippen LogP contribution in [0.1, 0.15) is 22.8 Å². The van der Waals surface area contributed by atoms with Crippen molar-refractivity contribution < 1.29 is 37.0 Å². The molecule has 0 aliphatic rings. The second-order valence-electron chi connectivity index (χ2n) is 6.62. The SMILES string of the molecule is CCOC(=O)Nc1cccc(C(=O)OCC(=O)Nc2cc(C(F)(F)F)ccc2-n2cncn2)c1. The number of amides is 2. The average Bonchev–Trinajstić information content (AvgIpc) is 3.32. The van der Waals surface area contributed by atoms with Crippen LogP contribution in [0, 0.1) is 0 Å². The van der Waals surface area contributed by atoms with Crippen LogP contribution in [0.5, 0.6) is 0 Å². The largest absolute Gasteiger partial charge is 0.452 e. The summed E-state index contributed by atoms with van der Waals surface area (Å²) in [6.45, 7) is 1.02. The van der Waals surface area contributed by atoms with Crippen LogP contribution in [0.2, 0.25) is 0 Å². The Morgan fingerprint density at radius 1 is 1.06 bits per heavy atom. The summed E-state index contributed by atoms with van der Waals surface area (Å²) in [4.78, 5) is 39.8. The number of esters is 1. The number of halogens is 3. The topological polar surface area (TPSA) is 124 Å². The van der Waals surface area contributed by atoms with Crippen LogP contribution in [0.4, 0.5) is 29.3 Å². The van der Waals surface area contributed by atoms with E-state index < -0.39 is 36.3 Å². The highest BCUT2D eigenvalue weighted by molar-refractivity contribution is 5.97. The molecule has 0 spiro atoms. The molecule has 0 saturated heterocycles. The minimum absolute atomic E-state index is 0.0319. The van der Waals surface area contributed by atoms with Crippen molar-refractivity contribution >= 4 is 29.3 Å². The fourth-order valence-corrected chi connectivity index (χ4v) is 2.75. The van der Waals surface area contributed by atoms with Gasteiger partial charge in [-0.25, -0.2) is 19.3 Å². The quantitative estimate of drug-likeness (QED) is 0.498. The van der Waals surface area contributed by atoms with E-state index in [2.05, 4.69) is 20.7 Å². The van der Waals surface area contributed by atoms with Crippen LogP contribution in [0.25, 0.3) is 5.69 Å². The third-order valence-corrected chi connectivity index (χ3v) is 4.22. The Morgan fingerprint density at radius 3 is 2.53 bits per heavy atom. The third kappa shape index (κ3) is 6.31. The molecule has 3 aromatic rings. The van der Waals surface area contributed by atoms with Crippen molar-refractivity contribution in [3.05, 3.63) is 66.2 Å². The monoisotopic (exact) mass is 477 g/mol. The number of aromatic nitrogens is 3. The fraction of sp³-hybridized carbons (Fsp3) is 0.190. The Hall–Kier alpha value is -4.42. The number of carbonyl (C=O) groups is 3. The smallest absolute Gasteiger partial charge is 0.416 e. The van der Waals surface area contributed by atoms with Gasteiger partial charge in [-0.15, -0.1) is 0 Å². The Morgan fingerprint density at radius 2 is 1.85 bits per heavy atom. The summed E-state index contributed by atoms with van der Waals surface area (Å²) < 4.78 is 50.2. The molecule has 2 aromatic carbocycles. The standard InChI is InChI=1S/C21H18F3N5O5/c1-2-33-20(32)27-15-5-3-4-13(8-15)19(31)34-10-18(30)28-16-9-14(21(22,23)24)6-7-17(16)29-12-25-11-26-29/h3-9,11-12H,2,10H2,1H3,(H,27,32)(H,28,30). The number of anilines is 2. The lowest BCUT2D eigenvalue weighted by Crippen LogP contribution is -2.22. The van der Waals surface area contributed by atoms with Crippen LogP contribution in [0.3, 0.4) is 0 Å². The maximum Gasteiger partial charge on any atom is 0.416 e. The van der Waals surface area contributed by atoms with Gasteiger partial charge in [-0.2, -0.15) is 18.3 Å². The first kappa shape index (κ1) is 24.2. The molecule has 0 aliphatic heterocycles. The fourth-order valence-electron chi connectivity index (χ4n) is 2.75. The van der Waals surface area contributed by atoms with Crippen molar-refractivity contribution in [1.82, 2.24) is 14.8 Å². The minimum atomic E-state index is -4.64. The van der Waals surface area contributed by atoms with E-state index in [9.17, 15) is 27.6 Å². The first-order valence-electron chi connectivity index (χ1n) is 9.74. The lowest BCUT2D eigenvalue weighted by atomic mass is 10.1. The molecule has 1 aromatic heterocycles. The highest BCUT2D eigenvalue weighted by Gasteiger charge is 2.31. The number of ether oxygens (including phenoxy) is 2. The zero-order valence-electron chi connectivity index (χ0n) is 17.6. The number of benzene rings is 2. The molecule has 0 unspecified atom stereocenters. The summed E-state index contributed by atoms with van der Waals surface area (Å²) in [6.07, 6.45) is -2.93. The Balaban J connectivity index is 1.68. The minimum Gasteiger partial charge on any atom is -0.452 e. The van der Waals surface area contributed by atoms with Gasteiger partial charge >= 0.3 is 18.2 Å². The molecular formula is C21H18F3N5O5. The molecule has 0 atom stereocenters. The molecule has 10 nitrogen and oxygen atoms in total. The molecule has 0 saturated carbocycles. The Kier molecular flexibility index (Phi) is 7.46. The number of nitrogens with zero attached hydrogens (tertiary/aromatic N) is 3. The molecule has 0 bridgehead atoms. The second-order valence-corrected chi connectivity index (χ2v) is 6.62. The molecular weight excluding hydrogens is 459 g/mol. The first-order chi connectivity index (χ1) is 16.2. The van der Waals surface area contributed by atoms with E-state index in [1.165, 1.54) is 41.6 Å². The lowest BCUT2D eigenvalue weighted by molar-refractivity contribution is -0.137. The van der Waals surface area contributed by atoms with E-state index in [4.69, 9.17) is 9.47 Å². The van der Waals surface area contributed by atoms with E-state index in [1.807, 2.05) is 0 Å². The maximum atomic E-state index is 13.1. The summed E-state index contributed by atoms with van der Waals surface area (Å²) in [5.41, 5.74) is -0.775. The third-order valence-electron chi connectivity index (χ3n) is 4.22. The van der Waals surface area contributed by atoms with Gasteiger partial charge in [0.25, 0.3) is 5.91 Å². The summed E-state index contributed by atoms with van der Waals surface area (Å²) in [6, 6.07) is 8.40. The van der Waals surface area contributed by atoms with Crippen LogP contribution >= 0.6 is 0 Å². The zero-order chi connectivity index (χ0) is 24.7. The number of carbonyl (C=O) groups excluding carboxylic acids is 3. The summed E-state index contributed by atoms with van der Waals surface area (Å²) in [7, 11) is 0. The van der Waals surface area contributed by atoms with E-state index >= 15 is 0 Å². The van der Waals surface area contributed by atoms with Gasteiger partial charge in [-0.1, -0.05) is 6.07 Å². The van der Waals surface area contributed by atoms with Crippen LogP contribution in [0.15, 0.2) is 55.1 Å². The predicted octanol–water partition coefficient (Wildman–Crippen LogP) is 3.65. The highest BCUT2D eigenvalue weighted by atomic mass is 19.4. The van der Waals surface area contributed by atoms with Gasteiger partial charge in [0.2, 0.25) is 0 Å². The molecule has 1 heterocycles. The van der Waals surface area contributed by atoms with E-state index in [0.29, 0.717) is 0 Å². The first-order valence-corrected chi connectivity index (χ1v) is 9.74. The number of hydrogen-bond acceptors (Lipinski definition) is 7. The van der Waals surface area contributed by atoms with Gasteiger partial charge in [0.05, 0.1) is 29.1 Å². The molecule has 3 rings (SSSR count). The molecule has 0 fully saturated rings. The second kappa shape index (κ2) is 10.5. The van der Waals surface area contributed by atoms with Gasteiger partial charge in [0, 0.05) is 5.69 Å². The van der Waals surface area contributed by atoms with Crippen molar-refractivity contribution in [1.29, 1.82) is 0 Å². The van der Waals surface area contributed by atoms with E-state index in [1.54, 1.807) is 6.92 Å². The summed E-state index contributed by atoms with van der Waals surface area (Å²) in [5, 5.41) is 8.56. The van der Waals surface area contributed by atoms with Crippen LogP contribution in [-0.4, -0.2) is 45.9 Å². The van der Waals surface area contributed by atoms with Crippen molar-refractivity contribution in [3.8, 4) is 5.69 Å². The van der Waals surface area contributed by atoms with Gasteiger partial charge in [-0.3, -0.25) is 10.1 Å². The van der Waals surface area contributed by atoms with Crippen LogP contribution in [-0.2, 0) is 20.4 Å². The van der Waals surface area contributed by atoms with Crippen LogP contribution < -0.4 is 10.6 Å². The normalized spacial score (nSPS) is 10.9.